The Morgan fingerprint density at radius 2 is 2.33 bits per heavy atom. The minimum Gasteiger partial charge on any atom is -0.352 e. The average molecular weight is 170 g/mol. The van der Waals surface area contributed by atoms with Gasteiger partial charge in [0.15, 0.2) is 6.29 Å². The van der Waals surface area contributed by atoms with Gasteiger partial charge in [-0.05, 0) is 12.8 Å². The van der Waals surface area contributed by atoms with Gasteiger partial charge in [0.1, 0.15) is 0 Å². The summed E-state index contributed by atoms with van der Waals surface area (Å²) < 4.78 is 11.2. The van der Waals surface area contributed by atoms with Crippen LogP contribution < -0.4 is 0 Å². The second-order valence-electron chi connectivity index (χ2n) is 3.55. The second-order valence-corrected chi connectivity index (χ2v) is 3.55. The highest BCUT2D eigenvalue weighted by atomic mass is 16.7. The molecule has 0 amide bonds. The zero-order valence-electron chi connectivity index (χ0n) is 7.95. The first kappa shape index (κ1) is 9.75. The Morgan fingerprint density at radius 3 is 2.92 bits per heavy atom. The normalized spacial score (nSPS) is 30.6. The first-order chi connectivity index (χ1) is 5.74. The van der Waals surface area contributed by atoms with Crippen molar-refractivity contribution < 1.29 is 9.47 Å². The maximum atomic E-state index is 5.69. The van der Waals surface area contributed by atoms with Crippen LogP contribution in [0, 0.1) is 5.92 Å². The molecule has 2 heteroatoms. The Kier molecular flexibility index (Phi) is 3.76. The number of ether oxygens (including phenoxy) is 2. The van der Waals surface area contributed by atoms with E-state index in [0.717, 1.165) is 19.4 Å². The number of rotatable bonds is 3. The van der Waals surface area contributed by atoms with Crippen molar-refractivity contribution in [2.75, 3.05) is 6.61 Å². The third-order valence-corrected chi connectivity index (χ3v) is 2.02. The van der Waals surface area contributed by atoms with E-state index in [1.165, 1.54) is 0 Å². The van der Waals surface area contributed by atoms with Gasteiger partial charge in [0.25, 0.3) is 0 Å². The lowest BCUT2D eigenvalue weighted by molar-refractivity contribution is -0.229. The maximum Gasteiger partial charge on any atom is 0.160 e. The molecule has 70 valence electrons. The zero-order chi connectivity index (χ0) is 8.97. The minimum absolute atomic E-state index is 0.0105. The molecule has 0 bridgehead atoms. The van der Waals surface area contributed by atoms with Crippen LogP contribution in [0.4, 0.5) is 0 Å². The van der Waals surface area contributed by atoms with Crippen LogP contribution in [0.2, 0.25) is 0 Å². The molecule has 0 aromatic rings. The van der Waals surface area contributed by atoms with Gasteiger partial charge in [-0.15, -0.1) is 6.58 Å². The van der Waals surface area contributed by atoms with Crippen LogP contribution >= 0.6 is 0 Å². The fraction of sp³-hybridized carbons (Fsp3) is 0.800. The van der Waals surface area contributed by atoms with E-state index in [4.69, 9.17) is 9.47 Å². The molecule has 1 aliphatic rings. The van der Waals surface area contributed by atoms with E-state index >= 15 is 0 Å². The van der Waals surface area contributed by atoms with E-state index in [1.807, 2.05) is 6.08 Å². The van der Waals surface area contributed by atoms with Gasteiger partial charge >= 0.3 is 0 Å². The molecule has 12 heavy (non-hydrogen) atoms. The summed E-state index contributed by atoms with van der Waals surface area (Å²) in [5.41, 5.74) is 0. The molecule has 1 aliphatic heterocycles. The van der Waals surface area contributed by atoms with Crippen LogP contribution in [0.15, 0.2) is 12.7 Å². The molecule has 0 saturated carbocycles. The lowest BCUT2D eigenvalue weighted by Gasteiger charge is -2.31. The summed E-state index contributed by atoms with van der Waals surface area (Å²) in [4.78, 5) is 0. The van der Waals surface area contributed by atoms with Crippen LogP contribution in [0.25, 0.3) is 0 Å². The topological polar surface area (TPSA) is 18.5 Å². The fourth-order valence-electron chi connectivity index (χ4n) is 1.32. The number of hydrogen-bond donors (Lipinski definition) is 0. The van der Waals surface area contributed by atoms with E-state index < -0.39 is 0 Å². The molecule has 1 rings (SSSR count). The van der Waals surface area contributed by atoms with Gasteiger partial charge < -0.3 is 9.47 Å². The maximum absolute atomic E-state index is 5.69. The zero-order valence-corrected chi connectivity index (χ0v) is 7.95. The lowest BCUT2D eigenvalue weighted by atomic mass is 10.1. The predicted molar refractivity (Wildman–Crippen MR) is 48.9 cm³/mol. The van der Waals surface area contributed by atoms with Gasteiger partial charge in [-0.3, -0.25) is 0 Å². The third kappa shape index (κ3) is 2.61. The van der Waals surface area contributed by atoms with Crippen molar-refractivity contribution in [1.82, 2.24) is 0 Å². The molecular formula is C10H18O2. The Balaban J connectivity index is 2.34. The van der Waals surface area contributed by atoms with Crippen molar-refractivity contribution in [3.63, 3.8) is 0 Å². The van der Waals surface area contributed by atoms with Crippen molar-refractivity contribution in [2.45, 2.75) is 39.1 Å². The SMILES string of the molecule is C=CC[C@H]1CCO[C@H](C(C)C)O1. The third-order valence-electron chi connectivity index (χ3n) is 2.02. The van der Waals surface area contributed by atoms with E-state index in [2.05, 4.69) is 20.4 Å². The number of hydrogen-bond acceptors (Lipinski definition) is 2. The van der Waals surface area contributed by atoms with Gasteiger partial charge in [0.05, 0.1) is 12.7 Å². The molecule has 0 radical (unpaired) electrons. The van der Waals surface area contributed by atoms with Crippen molar-refractivity contribution in [1.29, 1.82) is 0 Å². The van der Waals surface area contributed by atoms with Crippen LogP contribution in [-0.4, -0.2) is 19.0 Å². The standard InChI is InChI=1S/C10H18O2/c1-4-5-9-6-7-11-10(12-9)8(2)3/h4,8-10H,1,5-7H2,2-3H3/t9-,10-/m0/s1. The average Bonchev–Trinajstić information content (AvgIpc) is 2.05. The van der Waals surface area contributed by atoms with Crippen LogP contribution in [0.1, 0.15) is 26.7 Å². The van der Waals surface area contributed by atoms with Crippen LogP contribution in [0.3, 0.4) is 0 Å². The van der Waals surface area contributed by atoms with Crippen molar-refractivity contribution >= 4 is 0 Å². The first-order valence-electron chi connectivity index (χ1n) is 4.62. The molecule has 0 spiro atoms. The van der Waals surface area contributed by atoms with Crippen molar-refractivity contribution in [3.8, 4) is 0 Å². The molecule has 0 aliphatic carbocycles. The Morgan fingerprint density at radius 1 is 1.58 bits per heavy atom. The smallest absolute Gasteiger partial charge is 0.160 e. The molecule has 1 saturated heterocycles. The largest absolute Gasteiger partial charge is 0.352 e. The molecule has 0 unspecified atom stereocenters. The molecule has 0 aromatic carbocycles. The molecule has 1 heterocycles. The van der Waals surface area contributed by atoms with Crippen LogP contribution in [0.5, 0.6) is 0 Å². The highest BCUT2D eigenvalue weighted by Gasteiger charge is 2.24. The van der Waals surface area contributed by atoms with Gasteiger partial charge in [-0.1, -0.05) is 19.9 Å². The van der Waals surface area contributed by atoms with Gasteiger partial charge in [0.2, 0.25) is 0 Å². The Bertz CT molecular complexity index is 143. The predicted octanol–water partition coefficient (Wildman–Crippen LogP) is 2.35. The summed E-state index contributed by atoms with van der Waals surface area (Å²) in [5, 5.41) is 0. The summed E-state index contributed by atoms with van der Waals surface area (Å²) in [6.45, 7) is 8.75. The van der Waals surface area contributed by atoms with Gasteiger partial charge in [0, 0.05) is 5.92 Å². The van der Waals surface area contributed by atoms with E-state index in [1.54, 1.807) is 0 Å². The van der Waals surface area contributed by atoms with Crippen molar-refractivity contribution in [2.24, 2.45) is 5.92 Å². The van der Waals surface area contributed by atoms with Crippen molar-refractivity contribution in [3.05, 3.63) is 12.7 Å². The summed E-state index contributed by atoms with van der Waals surface area (Å²) in [6, 6.07) is 0. The molecule has 0 N–H and O–H groups in total. The summed E-state index contributed by atoms with van der Waals surface area (Å²) >= 11 is 0. The molecular weight excluding hydrogens is 152 g/mol. The van der Waals surface area contributed by atoms with E-state index in [0.29, 0.717) is 12.0 Å². The summed E-state index contributed by atoms with van der Waals surface area (Å²) in [7, 11) is 0. The van der Waals surface area contributed by atoms with Gasteiger partial charge in [-0.2, -0.15) is 0 Å². The second kappa shape index (κ2) is 4.63. The Hall–Kier alpha value is -0.340. The quantitative estimate of drug-likeness (QED) is 0.605. The van der Waals surface area contributed by atoms with E-state index in [9.17, 15) is 0 Å². The highest BCUT2D eigenvalue weighted by molar-refractivity contribution is 4.76. The minimum atomic E-state index is -0.0105. The molecule has 2 atom stereocenters. The van der Waals surface area contributed by atoms with Crippen LogP contribution in [-0.2, 0) is 9.47 Å². The summed E-state index contributed by atoms with van der Waals surface area (Å²) in [5.74, 6) is 0.442. The van der Waals surface area contributed by atoms with Gasteiger partial charge in [-0.25, -0.2) is 0 Å². The molecule has 1 fully saturated rings. The lowest BCUT2D eigenvalue weighted by Crippen LogP contribution is -2.35. The first-order valence-corrected chi connectivity index (χ1v) is 4.62. The fourth-order valence-corrected chi connectivity index (χ4v) is 1.32. The molecule has 0 aromatic heterocycles. The monoisotopic (exact) mass is 170 g/mol. The Labute approximate surface area is 74.6 Å². The molecule has 2 nitrogen and oxygen atoms in total. The highest BCUT2D eigenvalue weighted by Crippen LogP contribution is 2.20. The summed E-state index contributed by atoms with van der Waals surface area (Å²) in [6.07, 6.45) is 4.15. The van der Waals surface area contributed by atoms with E-state index in [-0.39, 0.29) is 6.29 Å².